The van der Waals surface area contributed by atoms with Gasteiger partial charge in [-0.1, -0.05) is 44.5 Å². The van der Waals surface area contributed by atoms with Crippen molar-refractivity contribution >= 4 is 11.9 Å². The summed E-state index contributed by atoms with van der Waals surface area (Å²) in [4.78, 5) is 32.2. The summed E-state index contributed by atoms with van der Waals surface area (Å²) in [6, 6.07) is 8.32. The Kier molecular flexibility index (Phi) is 5.67. The number of hydrogen-bond acceptors (Lipinski definition) is 4. The van der Waals surface area contributed by atoms with Crippen molar-refractivity contribution in [1.29, 1.82) is 0 Å². The van der Waals surface area contributed by atoms with Crippen molar-refractivity contribution in [2.45, 2.75) is 52.1 Å². The zero-order chi connectivity index (χ0) is 20.6. The summed E-state index contributed by atoms with van der Waals surface area (Å²) < 4.78 is 0. The quantitative estimate of drug-likeness (QED) is 0.793. The van der Waals surface area contributed by atoms with E-state index in [0.717, 1.165) is 52.0 Å². The summed E-state index contributed by atoms with van der Waals surface area (Å²) in [5.74, 6) is 0.377. The van der Waals surface area contributed by atoms with Gasteiger partial charge >= 0.3 is 6.03 Å². The van der Waals surface area contributed by atoms with Crippen LogP contribution < -0.4 is 5.32 Å². The monoisotopic (exact) mass is 398 g/mol. The number of piperazine rings is 1. The van der Waals surface area contributed by atoms with Crippen LogP contribution in [0.25, 0.3) is 0 Å². The molecule has 4 rings (SSSR count). The molecule has 158 valence electrons. The van der Waals surface area contributed by atoms with Crippen molar-refractivity contribution in [3.63, 3.8) is 0 Å². The number of aryl methyl sites for hydroxylation is 1. The van der Waals surface area contributed by atoms with Crippen LogP contribution in [0.1, 0.15) is 44.2 Å². The summed E-state index contributed by atoms with van der Waals surface area (Å²) in [7, 11) is 0. The number of urea groups is 1. The van der Waals surface area contributed by atoms with E-state index in [1.165, 1.54) is 16.0 Å². The number of carbonyl (C=O) groups excluding carboxylic acids is 2. The maximum Gasteiger partial charge on any atom is 0.326 e. The lowest BCUT2D eigenvalue weighted by atomic mass is 9.67. The lowest BCUT2D eigenvalue weighted by Crippen LogP contribution is -2.59. The molecule has 1 saturated carbocycles. The third-order valence-corrected chi connectivity index (χ3v) is 7.45. The average molecular weight is 399 g/mol. The first-order valence-corrected chi connectivity index (χ1v) is 11.0. The molecule has 6 nitrogen and oxygen atoms in total. The van der Waals surface area contributed by atoms with E-state index in [2.05, 4.69) is 60.2 Å². The molecule has 2 atom stereocenters. The number of imide groups is 1. The topological polar surface area (TPSA) is 55.9 Å². The largest absolute Gasteiger partial charge is 0.326 e. The number of carbonyl (C=O) groups is 2. The van der Waals surface area contributed by atoms with E-state index < -0.39 is 5.54 Å². The molecule has 3 amide bonds. The molecule has 1 aliphatic carbocycles. The Morgan fingerprint density at radius 1 is 1.00 bits per heavy atom. The number of benzene rings is 1. The van der Waals surface area contributed by atoms with Crippen LogP contribution in [0.15, 0.2) is 24.3 Å². The number of nitrogens with one attached hydrogen (secondary N) is 1. The Balaban J connectivity index is 1.35. The molecule has 2 unspecified atom stereocenters. The van der Waals surface area contributed by atoms with Crippen LogP contribution in [0.2, 0.25) is 0 Å². The summed E-state index contributed by atoms with van der Waals surface area (Å²) in [5, 5.41) is 3.11. The van der Waals surface area contributed by atoms with E-state index in [1.807, 2.05) is 0 Å². The lowest BCUT2D eigenvalue weighted by Gasteiger charge is -2.42. The van der Waals surface area contributed by atoms with Gasteiger partial charge < -0.3 is 5.32 Å². The molecule has 0 radical (unpaired) electrons. The standard InChI is InChI=1S/C23H34N4O2/c1-17-7-4-5-10-20(17)15-25-11-13-26(14-12-25)16-27-21(28)23(24-22(27)29)18(2)8-6-9-19(23)3/h4-5,7,10,18-19H,6,8-9,11-16H2,1-3H3,(H,24,29). The van der Waals surface area contributed by atoms with Gasteiger partial charge in [-0.25, -0.2) is 9.69 Å². The van der Waals surface area contributed by atoms with Crippen molar-refractivity contribution in [1.82, 2.24) is 20.0 Å². The van der Waals surface area contributed by atoms with Gasteiger partial charge in [0.15, 0.2) is 0 Å². The van der Waals surface area contributed by atoms with Crippen molar-refractivity contribution in [2.75, 3.05) is 32.8 Å². The molecule has 1 aromatic rings. The predicted octanol–water partition coefficient (Wildman–Crippen LogP) is 2.82. The Bertz CT molecular complexity index is 762. The van der Waals surface area contributed by atoms with E-state index >= 15 is 0 Å². The van der Waals surface area contributed by atoms with Crippen LogP contribution in [0.5, 0.6) is 0 Å². The molecule has 3 aliphatic rings. The molecule has 6 heteroatoms. The SMILES string of the molecule is Cc1ccccc1CN1CCN(CN2C(=O)NC3(C2=O)C(C)CCCC3C)CC1. The minimum atomic E-state index is -0.692. The van der Waals surface area contributed by atoms with Gasteiger partial charge in [0.2, 0.25) is 0 Å². The number of hydrogen-bond donors (Lipinski definition) is 1. The maximum atomic E-state index is 13.3. The Hall–Kier alpha value is -1.92. The van der Waals surface area contributed by atoms with Crippen LogP contribution in [0.4, 0.5) is 4.79 Å². The van der Waals surface area contributed by atoms with E-state index in [4.69, 9.17) is 0 Å². The molecule has 0 bridgehead atoms. The zero-order valence-corrected chi connectivity index (χ0v) is 18.0. The minimum Gasteiger partial charge on any atom is -0.323 e. The number of amides is 3. The maximum absolute atomic E-state index is 13.3. The molecular formula is C23H34N4O2. The first-order chi connectivity index (χ1) is 13.9. The van der Waals surface area contributed by atoms with Crippen molar-refractivity contribution < 1.29 is 9.59 Å². The van der Waals surface area contributed by atoms with E-state index in [9.17, 15) is 9.59 Å². The van der Waals surface area contributed by atoms with Crippen molar-refractivity contribution in [3.8, 4) is 0 Å². The first-order valence-electron chi connectivity index (χ1n) is 11.0. The van der Waals surface area contributed by atoms with Crippen LogP contribution >= 0.6 is 0 Å². The zero-order valence-electron chi connectivity index (χ0n) is 18.0. The van der Waals surface area contributed by atoms with E-state index in [0.29, 0.717) is 6.67 Å². The molecule has 3 fully saturated rings. The molecule has 1 N–H and O–H groups in total. The normalized spacial score (nSPS) is 31.5. The van der Waals surface area contributed by atoms with Gasteiger partial charge in [0.1, 0.15) is 5.54 Å². The Morgan fingerprint density at radius 3 is 2.28 bits per heavy atom. The highest BCUT2D eigenvalue weighted by atomic mass is 16.2. The highest BCUT2D eigenvalue weighted by molar-refractivity contribution is 6.07. The van der Waals surface area contributed by atoms with Crippen LogP contribution in [-0.4, -0.2) is 65.0 Å². The molecule has 2 aliphatic heterocycles. The summed E-state index contributed by atoms with van der Waals surface area (Å²) >= 11 is 0. The molecular weight excluding hydrogens is 364 g/mol. The van der Waals surface area contributed by atoms with Gasteiger partial charge in [-0.15, -0.1) is 0 Å². The minimum absolute atomic E-state index is 0.00969. The highest BCUT2D eigenvalue weighted by Gasteiger charge is 2.58. The van der Waals surface area contributed by atoms with Gasteiger partial charge in [-0.2, -0.15) is 0 Å². The van der Waals surface area contributed by atoms with Crippen LogP contribution in [0.3, 0.4) is 0 Å². The molecule has 2 heterocycles. The van der Waals surface area contributed by atoms with Crippen LogP contribution in [0, 0.1) is 18.8 Å². The second-order valence-electron chi connectivity index (χ2n) is 9.23. The third-order valence-electron chi connectivity index (χ3n) is 7.45. The highest BCUT2D eigenvalue weighted by Crippen LogP contribution is 2.42. The molecule has 2 saturated heterocycles. The fourth-order valence-electron chi connectivity index (χ4n) is 5.40. The first kappa shape index (κ1) is 20.4. The van der Waals surface area contributed by atoms with Crippen molar-refractivity contribution in [3.05, 3.63) is 35.4 Å². The van der Waals surface area contributed by atoms with Gasteiger partial charge in [0, 0.05) is 32.7 Å². The summed E-state index contributed by atoms with van der Waals surface area (Å²) in [6.07, 6.45) is 3.14. The number of rotatable bonds is 4. The molecule has 29 heavy (non-hydrogen) atoms. The van der Waals surface area contributed by atoms with Gasteiger partial charge in [0.05, 0.1) is 6.67 Å². The molecule has 0 aromatic heterocycles. The van der Waals surface area contributed by atoms with Crippen LogP contribution in [-0.2, 0) is 11.3 Å². The fourth-order valence-corrected chi connectivity index (χ4v) is 5.40. The summed E-state index contributed by atoms with van der Waals surface area (Å²) in [5.41, 5.74) is 2.01. The van der Waals surface area contributed by atoms with E-state index in [-0.39, 0.29) is 23.8 Å². The second-order valence-corrected chi connectivity index (χ2v) is 9.23. The summed E-state index contributed by atoms with van der Waals surface area (Å²) in [6.45, 7) is 11.4. The lowest BCUT2D eigenvalue weighted by molar-refractivity contribution is -0.138. The number of nitrogens with zero attached hydrogens (tertiary/aromatic N) is 3. The average Bonchev–Trinajstić information content (AvgIpc) is 2.95. The Labute approximate surface area is 174 Å². The van der Waals surface area contributed by atoms with E-state index in [1.54, 1.807) is 0 Å². The van der Waals surface area contributed by atoms with Gasteiger partial charge in [-0.05, 0) is 42.7 Å². The second kappa shape index (κ2) is 8.07. The molecule has 1 spiro atoms. The van der Waals surface area contributed by atoms with Crippen molar-refractivity contribution in [2.24, 2.45) is 11.8 Å². The van der Waals surface area contributed by atoms with Gasteiger partial charge in [-0.3, -0.25) is 14.6 Å². The third kappa shape index (κ3) is 3.68. The predicted molar refractivity (Wildman–Crippen MR) is 113 cm³/mol. The molecule has 1 aromatic carbocycles. The Morgan fingerprint density at radius 2 is 1.62 bits per heavy atom. The smallest absolute Gasteiger partial charge is 0.323 e. The fraction of sp³-hybridized carbons (Fsp3) is 0.652. The van der Waals surface area contributed by atoms with Gasteiger partial charge in [0.25, 0.3) is 5.91 Å².